The van der Waals surface area contributed by atoms with Gasteiger partial charge in [0.1, 0.15) is 6.10 Å². The Balaban J connectivity index is 1.78. The number of esters is 1. The van der Waals surface area contributed by atoms with Gasteiger partial charge in [-0.15, -0.1) is 0 Å². The molecule has 3 aromatic rings. The van der Waals surface area contributed by atoms with Crippen LogP contribution in [0, 0.1) is 5.92 Å². The molecule has 3 aliphatic rings. The Hall–Kier alpha value is -3.28. The molecule has 6 rings (SSSR count). The Morgan fingerprint density at radius 2 is 1.44 bits per heavy atom. The zero-order valence-electron chi connectivity index (χ0n) is 17.8. The van der Waals surface area contributed by atoms with Crippen LogP contribution in [0.1, 0.15) is 27.0 Å². The van der Waals surface area contributed by atoms with E-state index in [-0.39, 0.29) is 11.8 Å². The molecule has 1 aliphatic carbocycles. The van der Waals surface area contributed by atoms with Gasteiger partial charge in [0.05, 0.1) is 23.9 Å². The van der Waals surface area contributed by atoms with Gasteiger partial charge < -0.3 is 14.2 Å². The van der Waals surface area contributed by atoms with Crippen molar-refractivity contribution in [2.24, 2.45) is 5.92 Å². The number of hydrogen-bond acceptors (Lipinski definition) is 5. The van der Waals surface area contributed by atoms with Crippen molar-refractivity contribution in [1.82, 2.24) is 0 Å². The molecular weight excluding hydrogens is 404 g/mol. The standard InChI is InChI=1S/C27H22O5/c1-30-24(29)22-25(17-11-5-3-6-12-17)23-21(28)19-15-9-10-16-20(19)27(31-2,32-23)26(22,25)18-13-7-4-8-14-18/h3-16,22-23H,1-2H3/t22-,23+,25+,26+,27-/m1/s1. The van der Waals surface area contributed by atoms with Crippen LogP contribution < -0.4 is 0 Å². The number of fused-ring (bicyclic) bond motifs is 7. The normalized spacial score (nSPS) is 33.9. The molecule has 2 bridgehead atoms. The molecule has 0 N–H and O–H groups in total. The SMILES string of the molecule is COC(=O)[C@@H]1[C@@]2(c3ccccc3)[C@H]3O[C@](OC)(c4ccccc4C3=O)[C@@]12c1ccccc1. The molecule has 160 valence electrons. The molecule has 0 radical (unpaired) electrons. The monoisotopic (exact) mass is 426 g/mol. The van der Waals surface area contributed by atoms with Crippen LogP contribution in [-0.4, -0.2) is 32.1 Å². The van der Waals surface area contributed by atoms with E-state index in [0.717, 1.165) is 11.1 Å². The van der Waals surface area contributed by atoms with Crippen LogP contribution in [0.2, 0.25) is 0 Å². The second-order valence-corrected chi connectivity index (χ2v) is 8.59. The van der Waals surface area contributed by atoms with E-state index in [1.165, 1.54) is 7.11 Å². The van der Waals surface area contributed by atoms with Gasteiger partial charge in [-0.1, -0.05) is 84.9 Å². The molecule has 2 aliphatic heterocycles. The molecule has 0 unspecified atom stereocenters. The molecular formula is C27H22O5. The smallest absolute Gasteiger partial charge is 0.310 e. The molecule has 0 spiro atoms. The Kier molecular flexibility index (Phi) is 3.87. The summed E-state index contributed by atoms with van der Waals surface area (Å²) >= 11 is 0. The maximum Gasteiger partial charge on any atom is 0.310 e. The Morgan fingerprint density at radius 3 is 2.06 bits per heavy atom. The number of Topliss-reactive ketones (excluding diaryl/α,β-unsaturated/α-hetero) is 1. The number of methoxy groups -OCH3 is 2. The summed E-state index contributed by atoms with van der Waals surface area (Å²) in [6, 6.07) is 26.9. The Bertz CT molecular complexity index is 1240. The van der Waals surface area contributed by atoms with Crippen molar-refractivity contribution >= 4 is 11.8 Å². The number of ether oxygens (including phenoxy) is 3. The molecule has 5 nitrogen and oxygen atoms in total. The highest BCUT2D eigenvalue weighted by Gasteiger charge is 2.97. The van der Waals surface area contributed by atoms with Crippen molar-refractivity contribution in [2.75, 3.05) is 14.2 Å². The summed E-state index contributed by atoms with van der Waals surface area (Å²) in [4.78, 5) is 27.3. The predicted octanol–water partition coefficient (Wildman–Crippen LogP) is 3.76. The summed E-state index contributed by atoms with van der Waals surface area (Å²) in [6.45, 7) is 0. The molecule has 1 saturated heterocycles. The molecule has 2 heterocycles. The van der Waals surface area contributed by atoms with E-state index in [4.69, 9.17) is 14.2 Å². The summed E-state index contributed by atoms with van der Waals surface area (Å²) in [7, 11) is 2.97. The van der Waals surface area contributed by atoms with E-state index in [1.807, 2.05) is 84.9 Å². The highest BCUT2D eigenvalue weighted by Crippen LogP contribution is 2.85. The van der Waals surface area contributed by atoms with Gasteiger partial charge in [-0.25, -0.2) is 0 Å². The quantitative estimate of drug-likeness (QED) is 0.595. The molecule has 0 amide bonds. The lowest BCUT2D eigenvalue weighted by Gasteiger charge is -2.41. The molecule has 3 aromatic carbocycles. The first-order valence-electron chi connectivity index (χ1n) is 10.7. The van der Waals surface area contributed by atoms with Gasteiger partial charge >= 0.3 is 5.97 Å². The van der Waals surface area contributed by atoms with Gasteiger partial charge in [0.2, 0.25) is 5.79 Å². The minimum Gasteiger partial charge on any atom is -0.469 e. The van der Waals surface area contributed by atoms with Crippen LogP contribution in [0.15, 0.2) is 84.9 Å². The molecule has 0 aromatic heterocycles. The van der Waals surface area contributed by atoms with E-state index in [9.17, 15) is 9.59 Å². The van der Waals surface area contributed by atoms with E-state index < -0.39 is 28.6 Å². The number of hydrogen-bond donors (Lipinski definition) is 0. The van der Waals surface area contributed by atoms with Crippen molar-refractivity contribution in [3.05, 3.63) is 107 Å². The number of carbonyl (C=O) groups excluding carboxylic acids is 2. The van der Waals surface area contributed by atoms with Crippen molar-refractivity contribution in [3.8, 4) is 0 Å². The van der Waals surface area contributed by atoms with Crippen molar-refractivity contribution in [1.29, 1.82) is 0 Å². The van der Waals surface area contributed by atoms with Crippen LogP contribution in [0.3, 0.4) is 0 Å². The van der Waals surface area contributed by atoms with E-state index in [1.54, 1.807) is 7.11 Å². The first-order chi connectivity index (χ1) is 15.6. The summed E-state index contributed by atoms with van der Waals surface area (Å²) in [5.41, 5.74) is 1.04. The van der Waals surface area contributed by atoms with E-state index in [0.29, 0.717) is 11.1 Å². The fraction of sp³-hybridized carbons (Fsp3) is 0.259. The lowest BCUT2D eigenvalue weighted by Crippen LogP contribution is -2.49. The first kappa shape index (κ1) is 19.4. The van der Waals surface area contributed by atoms with Crippen molar-refractivity contribution < 1.29 is 23.8 Å². The highest BCUT2D eigenvalue weighted by molar-refractivity contribution is 6.07. The third kappa shape index (κ3) is 1.85. The zero-order valence-corrected chi connectivity index (χ0v) is 17.8. The van der Waals surface area contributed by atoms with Crippen LogP contribution in [-0.2, 0) is 35.6 Å². The largest absolute Gasteiger partial charge is 0.469 e. The average molecular weight is 426 g/mol. The van der Waals surface area contributed by atoms with Gasteiger partial charge in [-0.05, 0) is 11.1 Å². The average Bonchev–Trinajstić information content (AvgIpc) is 3.44. The molecule has 32 heavy (non-hydrogen) atoms. The molecule has 1 saturated carbocycles. The van der Waals surface area contributed by atoms with Gasteiger partial charge in [0.25, 0.3) is 0 Å². The summed E-state index contributed by atoms with van der Waals surface area (Å²) in [5, 5.41) is 0. The number of carbonyl (C=O) groups is 2. The third-order valence-electron chi connectivity index (χ3n) is 7.66. The topological polar surface area (TPSA) is 61.8 Å². The van der Waals surface area contributed by atoms with Crippen LogP contribution >= 0.6 is 0 Å². The zero-order chi connectivity index (χ0) is 22.1. The fourth-order valence-corrected chi connectivity index (χ4v) is 6.69. The van der Waals surface area contributed by atoms with Crippen molar-refractivity contribution in [3.63, 3.8) is 0 Å². The maximum absolute atomic E-state index is 13.8. The predicted molar refractivity (Wildman–Crippen MR) is 116 cm³/mol. The van der Waals surface area contributed by atoms with Crippen molar-refractivity contribution in [2.45, 2.75) is 22.7 Å². The van der Waals surface area contributed by atoms with Crippen LogP contribution in [0.25, 0.3) is 0 Å². The van der Waals surface area contributed by atoms with Gasteiger partial charge in [-0.3, -0.25) is 9.59 Å². The maximum atomic E-state index is 13.8. The van der Waals surface area contributed by atoms with Crippen LogP contribution in [0.4, 0.5) is 0 Å². The number of rotatable bonds is 4. The van der Waals surface area contributed by atoms with Crippen LogP contribution in [0.5, 0.6) is 0 Å². The number of benzene rings is 3. The minimum atomic E-state index is -1.32. The highest BCUT2D eigenvalue weighted by atomic mass is 16.7. The second kappa shape index (κ2) is 6.37. The summed E-state index contributed by atoms with van der Waals surface area (Å²) in [6.07, 6.45) is -0.885. The van der Waals surface area contributed by atoms with E-state index in [2.05, 4.69) is 0 Å². The lowest BCUT2D eigenvalue weighted by atomic mass is 9.75. The van der Waals surface area contributed by atoms with Gasteiger partial charge in [0.15, 0.2) is 5.78 Å². The minimum absolute atomic E-state index is 0.138. The fourth-order valence-electron chi connectivity index (χ4n) is 6.69. The molecule has 5 heteroatoms. The van der Waals surface area contributed by atoms with Gasteiger partial charge in [0, 0.05) is 18.2 Å². The van der Waals surface area contributed by atoms with Gasteiger partial charge in [-0.2, -0.15) is 0 Å². The number of ketones is 1. The Morgan fingerprint density at radius 1 is 0.844 bits per heavy atom. The lowest BCUT2D eigenvalue weighted by molar-refractivity contribution is -0.251. The molecule has 2 fully saturated rings. The summed E-state index contributed by atoms with van der Waals surface area (Å²) in [5.74, 6) is -2.49. The summed E-state index contributed by atoms with van der Waals surface area (Å²) < 4.78 is 18.2. The third-order valence-corrected chi connectivity index (χ3v) is 7.66. The first-order valence-corrected chi connectivity index (χ1v) is 10.7. The second-order valence-electron chi connectivity index (χ2n) is 8.59. The molecule has 5 atom stereocenters. The van der Waals surface area contributed by atoms with E-state index >= 15 is 0 Å². The Labute approximate surface area is 185 Å².